The van der Waals surface area contributed by atoms with Gasteiger partial charge in [-0.05, 0) is 0 Å². The first-order chi connectivity index (χ1) is 6.79. The third-order valence-corrected chi connectivity index (χ3v) is 1.46. The molecule has 0 saturated carbocycles. The van der Waals surface area contributed by atoms with E-state index in [1.807, 2.05) is 0 Å². The van der Waals surface area contributed by atoms with Gasteiger partial charge in [-0.1, -0.05) is 0 Å². The molecule has 1 N–H and O–H groups in total. The van der Waals surface area contributed by atoms with Crippen LogP contribution in [-0.2, 0) is 7.05 Å². The topological polar surface area (TPSA) is 64.4 Å². The number of alkyl halides is 3. The zero-order valence-corrected chi connectivity index (χ0v) is 7.58. The van der Waals surface area contributed by atoms with E-state index in [0.717, 1.165) is 10.7 Å². The molecule has 5 nitrogen and oxygen atoms in total. The van der Waals surface area contributed by atoms with E-state index < -0.39 is 18.8 Å². The van der Waals surface area contributed by atoms with E-state index in [1.54, 1.807) is 0 Å². The van der Waals surface area contributed by atoms with E-state index in [0.29, 0.717) is 0 Å². The molecule has 0 saturated heterocycles. The molecule has 1 heterocycles. The lowest BCUT2D eigenvalue weighted by atomic mass is 10.4. The number of rotatable bonds is 3. The lowest BCUT2D eigenvalue weighted by Crippen LogP contribution is -2.19. The summed E-state index contributed by atoms with van der Waals surface area (Å²) in [4.78, 5) is 10.5. The Balaban J connectivity index is 2.72. The Kier molecular flexibility index (Phi) is 2.87. The normalized spacial score (nSPS) is 11.5. The standard InChI is InChI=1S/C7H7F3N2O3/c1-12-4(6(13)14)2-5(11-12)15-3-7(8,9)10/h2H,3H2,1H3,(H,13,14). The Bertz CT molecular complexity index is 372. The summed E-state index contributed by atoms with van der Waals surface area (Å²) < 4.78 is 40.4. The molecular weight excluding hydrogens is 217 g/mol. The zero-order chi connectivity index (χ0) is 11.6. The second-order valence-electron chi connectivity index (χ2n) is 2.70. The van der Waals surface area contributed by atoms with Crippen LogP contribution in [0.1, 0.15) is 10.5 Å². The molecule has 0 aliphatic carbocycles. The predicted molar refractivity (Wildman–Crippen MR) is 41.7 cm³/mol. The molecule has 1 aromatic heterocycles. The zero-order valence-electron chi connectivity index (χ0n) is 7.58. The molecule has 0 fully saturated rings. The van der Waals surface area contributed by atoms with Crippen molar-refractivity contribution in [2.75, 3.05) is 6.61 Å². The summed E-state index contributed by atoms with van der Waals surface area (Å²) in [6, 6.07) is 0.925. The quantitative estimate of drug-likeness (QED) is 0.833. The molecular formula is C7H7F3N2O3. The van der Waals surface area contributed by atoms with Crippen molar-refractivity contribution in [2.45, 2.75) is 6.18 Å². The first-order valence-electron chi connectivity index (χ1n) is 3.76. The average Bonchev–Trinajstić information content (AvgIpc) is 2.42. The van der Waals surface area contributed by atoms with Crippen LogP contribution in [0.4, 0.5) is 13.2 Å². The molecule has 0 radical (unpaired) electrons. The highest BCUT2D eigenvalue weighted by molar-refractivity contribution is 5.85. The summed E-state index contributed by atoms with van der Waals surface area (Å²) >= 11 is 0. The number of aryl methyl sites for hydroxylation is 1. The molecule has 8 heteroatoms. The monoisotopic (exact) mass is 224 g/mol. The Morgan fingerprint density at radius 2 is 2.27 bits per heavy atom. The molecule has 0 bridgehead atoms. The maximum Gasteiger partial charge on any atom is 0.422 e. The lowest BCUT2D eigenvalue weighted by Gasteiger charge is -2.05. The molecule has 0 amide bonds. The molecule has 0 aliphatic rings. The lowest BCUT2D eigenvalue weighted by molar-refractivity contribution is -0.154. The van der Waals surface area contributed by atoms with Gasteiger partial charge < -0.3 is 9.84 Å². The van der Waals surface area contributed by atoms with Crippen molar-refractivity contribution in [1.29, 1.82) is 0 Å². The van der Waals surface area contributed by atoms with Gasteiger partial charge in [0.15, 0.2) is 6.61 Å². The van der Waals surface area contributed by atoms with Crippen LogP contribution in [0.15, 0.2) is 6.07 Å². The fourth-order valence-corrected chi connectivity index (χ4v) is 0.867. The summed E-state index contributed by atoms with van der Waals surface area (Å²) in [6.45, 7) is -1.50. The van der Waals surface area contributed by atoms with E-state index in [-0.39, 0.29) is 11.6 Å². The molecule has 0 atom stereocenters. The molecule has 15 heavy (non-hydrogen) atoms. The summed E-state index contributed by atoms with van der Waals surface area (Å²) in [5.74, 6) is -1.65. The number of halogens is 3. The summed E-state index contributed by atoms with van der Waals surface area (Å²) in [5.41, 5.74) is -0.243. The van der Waals surface area contributed by atoms with Crippen molar-refractivity contribution < 1.29 is 27.8 Å². The molecule has 84 valence electrons. The SMILES string of the molecule is Cn1nc(OCC(F)(F)F)cc1C(=O)O. The average molecular weight is 224 g/mol. The Morgan fingerprint density at radius 1 is 1.67 bits per heavy atom. The Morgan fingerprint density at radius 3 is 2.67 bits per heavy atom. The van der Waals surface area contributed by atoms with Crippen LogP contribution in [0.5, 0.6) is 5.88 Å². The minimum atomic E-state index is -4.47. The van der Waals surface area contributed by atoms with E-state index in [1.165, 1.54) is 7.05 Å². The number of nitrogens with zero attached hydrogens (tertiary/aromatic N) is 2. The number of aromatic carboxylic acids is 1. The Hall–Kier alpha value is -1.73. The first kappa shape index (κ1) is 11.3. The number of carbonyl (C=O) groups is 1. The van der Waals surface area contributed by atoms with Gasteiger partial charge in [-0.2, -0.15) is 13.2 Å². The second-order valence-corrected chi connectivity index (χ2v) is 2.70. The van der Waals surface area contributed by atoms with Gasteiger partial charge in [-0.25, -0.2) is 4.79 Å². The summed E-state index contributed by atoms with van der Waals surface area (Å²) in [5, 5.41) is 12.0. The fraction of sp³-hybridized carbons (Fsp3) is 0.429. The summed E-state index contributed by atoms with van der Waals surface area (Å²) in [7, 11) is 1.30. The van der Waals surface area contributed by atoms with Crippen molar-refractivity contribution in [3.63, 3.8) is 0 Å². The minimum absolute atomic E-state index is 0.243. The number of hydrogen-bond acceptors (Lipinski definition) is 3. The van der Waals surface area contributed by atoms with Gasteiger partial charge in [-0.15, -0.1) is 5.10 Å². The number of ether oxygens (including phenoxy) is 1. The van der Waals surface area contributed by atoms with Crippen LogP contribution in [0.25, 0.3) is 0 Å². The number of aromatic nitrogens is 2. The van der Waals surface area contributed by atoms with Gasteiger partial charge in [0, 0.05) is 13.1 Å². The van der Waals surface area contributed by atoms with Crippen LogP contribution >= 0.6 is 0 Å². The van der Waals surface area contributed by atoms with Crippen LogP contribution in [-0.4, -0.2) is 33.6 Å². The minimum Gasteiger partial charge on any atom is -0.477 e. The van der Waals surface area contributed by atoms with Crippen molar-refractivity contribution in [3.05, 3.63) is 11.8 Å². The highest BCUT2D eigenvalue weighted by atomic mass is 19.4. The van der Waals surface area contributed by atoms with Gasteiger partial charge >= 0.3 is 12.1 Å². The maximum absolute atomic E-state index is 11.7. The van der Waals surface area contributed by atoms with E-state index in [9.17, 15) is 18.0 Å². The van der Waals surface area contributed by atoms with E-state index in [2.05, 4.69) is 9.84 Å². The van der Waals surface area contributed by atoms with Crippen molar-refractivity contribution in [1.82, 2.24) is 9.78 Å². The third kappa shape index (κ3) is 3.15. The fourth-order valence-electron chi connectivity index (χ4n) is 0.867. The summed E-state index contributed by atoms with van der Waals surface area (Å²) in [6.07, 6.45) is -4.47. The third-order valence-electron chi connectivity index (χ3n) is 1.46. The van der Waals surface area contributed by atoms with Gasteiger partial charge in [0.05, 0.1) is 0 Å². The number of carboxylic acids is 1. The van der Waals surface area contributed by atoms with Crippen LogP contribution in [0, 0.1) is 0 Å². The van der Waals surface area contributed by atoms with Gasteiger partial charge in [0.25, 0.3) is 0 Å². The van der Waals surface area contributed by atoms with Gasteiger partial charge in [0.2, 0.25) is 5.88 Å². The highest BCUT2D eigenvalue weighted by Crippen LogP contribution is 2.18. The molecule has 1 aromatic rings. The molecule has 0 aromatic carbocycles. The van der Waals surface area contributed by atoms with Crippen molar-refractivity contribution in [2.24, 2.45) is 7.05 Å². The maximum atomic E-state index is 11.7. The predicted octanol–water partition coefficient (Wildman–Crippen LogP) is 1.06. The number of hydrogen-bond donors (Lipinski definition) is 1. The van der Waals surface area contributed by atoms with Gasteiger partial charge in [-0.3, -0.25) is 4.68 Å². The van der Waals surface area contributed by atoms with E-state index in [4.69, 9.17) is 5.11 Å². The molecule has 1 rings (SSSR count). The highest BCUT2D eigenvalue weighted by Gasteiger charge is 2.29. The van der Waals surface area contributed by atoms with Crippen LogP contribution in [0.2, 0.25) is 0 Å². The van der Waals surface area contributed by atoms with Crippen molar-refractivity contribution >= 4 is 5.97 Å². The largest absolute Gasteiger partial charge is 0.477 e. The molecule has 0 unspecified atom stereocenters. The molecule has 0 aliphatic heterocycles. The van der Waals surface area contributed by atoms with Crippen LogP contribution < -0.4 is 4.74 Å². The molecule has 0 spiro atoms. The first-order valence-corrected chi connectivity index (χ1v) is 3.76. The van der Waals surface area contributed by atoms with Crippen LogP contribution in [0.3, 0.4) is 0 Å². The van der Waals surface area contributed by atoms with Crippen molar-refractivity contribution in [3.8, 4) is 5.88 Å². The second kappa shape index (κ2) is 3.79. The number of carboxylic acid groups (broad SMARTS) is 1. The van der Waals surface area contributed by atoms with E-state index >= 15 is 0 Å². The smallest absolute Gasteiger partial charge is 0.422 e. The Labute approximate surface area is 82.1 Å². The van der Waals surface area contributed by atoms with Gasteiger partial charge in [0.1, 0.15) is 5.69 Å².